The number of rotatable bonds is 6. The molecule has 0 fully saturated rings. The summed E-state index contributed by atoms with van der Waals surface area (Å²) in [7, 11) is 0. The molecule has 0 bridgehead atoms. The van der Waals surface area contributed by atoms with Gasteiger partial charge in [0.1, 0.15) is 0 Å². The van der Waals surface area contributed by atoms with Crippen LogP contribution in [0, 0.1) is 23.2 Å². The highest BCUT2D eigenvalue weighted by Gasteiger charge is 2.25. The van der Waals surface area contributed by atoms with Crippen LogP contribution in [-0.4, -0.2) is 35.1 Å². The average Bonchev–Trinajstić information content (AvgIpc) is 2.23. The van der Waals surface area contributed by atoms with Crippen LogP contribution in [0.5, 0.6) is 0 Å². The first kappa shape index (κ1) is 13.9. The molecule has 4 nitrogen and oxygen atoms in total. The fraction of sp³-hybridized carbons (Fsp3) is 0.818. The molecular weight excluding hydrogens is 192 g/mol. The van der Waals surface area contributed by atoms with Crippen molar-refractivity contribution in [2.45, 2.75) is 33.7 Å². The Kier molecular flexibility index (Phi) is 5.95. The molecule has 0 aromatic carbocycles. The fourth-order valence-electron chi connectivity index (χ4n) is 1.50. The van der Waals surface area contributed by atoms with Gasteiger partial charge in [-0.3, -0.25) is 9.69 Å². The first-order valence-corrected chi connectivity index (χ1v) is 5.30. The predicted octanol–water partition coefficient (Wildman–Crippen LogP) is 1.58. The molecular formula is C11H20N2O2. The molecule has 0 amide bonds. The predicted molar refractivity (Wildman–Crippen MR) is 58.3 cm³/mol. The Bertz CT molecular complexity index is 247. The van der Waals surface area contributed by atoms with Gasteiger partial charge in [0.05, 0.1) is 17.9 Å². The zero-order valence-electron chi connectivity index (χ0n) is 9.90. The molecule has 4 heteroatoms. The molecule has 0 aliphatic carbocycles. The van der Waals surface area contributed by atoms with Crippen molar-refractivity contribution in [3.8, 4) is 6.07 Å². The van der Waals surface area contributed by atoms with E-state index in [2.05, 4.69) is 6.07 Å². The van der Waals surface area contributed by atoms with Gasteiger partial charge in [0.15, 0.2) is 0 Å². The summed E-state index contributed by atoms with van der Waals surface area (Å²) in [5.74, 6) is -1.25. The lowest BCUT2D eigenvalue weighted by atomic mass is 10.0. The van der Waals surface area contributed by atoms with Crippen molar-refractivity contribution in [2.24, 2.45) is 11.8 Å². The summed E-state index contributed by atoms with van der Waals surface area (Å²) < 4.78 is 0. The zero-order valence-corrected chi connectivity index (χ0v) is 9.90. The zero-order chi connectivity index (χ0) is 12.0. The van der Waals surface area contributed by atoms with E-state index in [9.17, 15) is 4.79 Å². The number of hydrogen-bond acceptors (Lipinski definition) is 3. The van der Waals surface area contributed by atoms with Crippen LogP contribution in [0.1, 0.15) is 27.7 Å². The molecule has 1 N–H and O–H groups in total. The smallest absolute Gasteiger partial charge is 0.307 e. The van der Waals surface area contributed by atoms with Crippen LogP contribution < -0.4 is 0 Å². The van der Waals surface area contributed by atoms with Gasteiger partial charge in [-0.2, -0.15) is 5.26 Å². The van der Waals surface area contributed by atoms with E-state index < -0.39 is 11.9 Å². The Morgan fingerprint density at radius 3 is 2.33 bits per heavy atom. The molecule has 0 aromatic heterocycles. The second kappa shape index (κ2) is 6.41. The highest BCUT2D eigenvalue weighted by molar-refractivity contribution is 5.70. The van der Waals surface area contributed by atoms with Gasteiger partial charge in [-0.05, 0) is 20.4 Å². The van der Waals surface area contributed by atoms with Gasteiger partial charge in [-0.1, -0.05) is 13.8 Å². The third kappa shape index (κ3) is 4.30. The Labute approximate surface area is 91.5 Å². The van der Waals surface area contributed by atoms with Crippen LogP contribution in [0.15, 0.2) is 0 Å². The number of carboxylic acids is 1. The molecule has 0 heterocycles. The molecule has 0 aliphatic rings. The molecule has 3 atom stereocenters. The summed E-state index contributed by atoms with van der Waals surface area (Å²) in [5.41, 5.74) is 0. The van der Waals surface area contributed by atoms with Crippen LogP contribution in [0.4, 0.5) is 0 Å². The molecule has 15 heavy (non-hydrogen) atoms. The molecule has 0 rings (SSSR count). The van der Waals surface area contributed by atoms with Crippen molar-refractivity contribution in [3.05, 3.63) is 0 Å². The first-order chi connectivity index (χ1) is 6.93. The number of aliphatic carboxylic acids is 1. The number of hydrogen-bond donors (Lipinski definition) is 1. The second-order valence-corrected chi connectivity index (χ2v) is 3.99. The van der Waals surface area contributed by atoms with Crippen molar-refractivity contribution in [1.82, 2.24) is 4.90 Å². The Morgan fingerprint density at radius 2 is 2.00 bits per heavy atom. The summed E-state index contributed by atoms with van der Waals surface area (Å²) >= 11 is 0. The minimum Gasteiger partial charge on any atom is -0.481 e. The third-order valence-corrected chi connectivity index (χ3v) is 2.82. The van der Waals surface area contributed by atoms with Gasteiger partial charge >= 0.3 is 5.97 Å². The van der Waals surface area contributed by atoms with E-state index in [1.165, 1.54) is 0 Å². The summed E-state index contributed by atoms with van der Waals surface area (Å²) in [5, 5.41) is 17.6. The summed E-state index contributed by atoms with van der Waals surface area (Å²) in [4.78, 5) is 12.9. The van der Waals surface area contributed by atoms with Crippen LogP contribution in [0.25, 0.3) is 0 Å². The van der Waals surface area contributed by atoms with Crippen molar-refractivity contribution < 1.29 is 9.90 Å². The third-order valence-electron chi connectivity index (χ3n) is 2.82. The maximum absolute atomic E-state index is 10.8. The van der Waals surface area contributed by atoms with Crippen LogP contribution >= 0.6 is 0 Å². The summed E-state index contributed by atoms with van der Waals surface area (Å²) in [6.07, 6.45) is 0. The molecule has 0 aromatic rings. The number of carboxylic acid groups (broad SMARTS) is 1. The van der Waals surface area contributed by atoms with Crippen LogP contribution in [0.3, 0.4) is 0 Å². The average molecular weight is 212 g/mol. The summed E-state index contributed by atoms with van der Waals surface area (Å²) in [6, 6.07) is 2.13. The van der Waals surface area contributed by atoms with E-state index in [1.807, 2.05) is 25.7 Å². The van der Waals surface area contributed by atoms with Gasteiger partial charge in [-0.15, -0.1) is 0 Å². The van der Waals surface area contributed by atoms with Gasteiger partial charge < -0.3 is 5.11 Å². The highest BCUT2D eigenvalue weighted by atomic mass is 16.4. The molecule has 0 saturated heterocycles. The van der Waals surface area contributed by atoms with E-state index >= 15 is 0 Å². The SMILES string of the molecule is CCN(CC(C)C#N)C(C)C(C)C(=O)O. The normalized spacial score (nSPS) is 16.8. The fourth-order valence-corrected chi connectivity index (χ4v) is 1.50. The monoisotopic (exact) mass is 212 g/mol. The van der Waals surface area contributed by atoms with E-state index in [4.69, 9.17) is 10.4 Å². The topological polar surface area (TPSA) is 64.3 Å². The maximum Gasteiger partial charge on any atom is 0.307 e. The van der Waals surface area contributed by atoms with E-state index in [1.54, 1.807) is 6.92 Å². The quantitative estimate of drug-likeness (QED) is 0.726. The van der Waals surface area contributed by atoms with Gasteiger partial charge in [-0.25, -0.2) is 0 Å². The lowest BCUT2D eigenvalue weighted by Gasteiger charge is -2.31. The molecule has 0 aliphatic heterocycles. The van der Waals surface area contributed by atoms with Gasteiger partial charge in [0.25, 0.3) is 0 Å². The maximum atomic E-state index is 10.8. The van der Waals surface area contributed by atoms with Gasteiger partial charge in [0, 0.05) is 12.6 Å². The number of nitriles is 1. The first-order valence-electron chi connectivity index (χ1n) is 5.30. The number of carbonyl (C=O) groups is 1. The van der Waals surface area contributed by atoms with E-state index in [0.29, 0.717) is 6.54 Å². The Morgan fingerprint density at radius 1 is 1.47 bits per heavy atom. The van der Waals surface area contributed by atoms with Crippen LogP contribution in [0.2, 0.25) is 0 Å². The van der Waals surface area contributed by atoms with Crippen LogP contribution in [-0.2, 0) is 4.79 Å². The minimum absolute atomic E-state index is 0.0386. The van der Waals surface area contributed by atoms with Gasteiger partial charge in [0.2, 0.25) is 0 Å². The molecule has 0 saturated carbocycles. The largest absolute Gasteiger partial charge is 0.481 e. The van der Waals surface area contributed by atoms with Crippen molar-refractivity contribution in [2.75, 3.05) is 13.1 Å². The lowest BCUT2D eigenvalue weighted by molar-refractivity contribution is -0.143. The van der Waals surface area contributed by atoms with E-state index in [-0.39, 0.29) is 12.0 Å². The number of nitrogens with zero attached hydrogens (tertiary/aromatic N) is 2. The lowest BCUT2D eigenvalue weighted by Crippen LogP contribution is -2.42. The second-order valence-electron chi connectivity index (χ2n) is 3.99. The standard InChI is InChI=1S/C11H20N2O2/c1-5-13(7-8(2)6-12)10(4)9(3)11(14)15/h8-10H,5,7H2,1-4H3,(H,14,15). The molecule has 0 spiro atoms. The Balaban J connectivity index is 4.41. The molecule has 86 valence electrons. The molecule has 0 radical (unpaired) electrons. The molecule has 3 unspecified atom stereocenters. The van der Waals surface area contributed by atoms with Crippen molar-refractivity contribution in [3.63, 3.8) is 0 Å². The van der Waals surface area contributed by atoms with E-state index in [0.717, 1.165) is 6.54 Å². The van der Waals surface area contributed by atoms with Crippen molar-refractivity contribution in [1.29, 1.82) is 5.26 Å². The highest BCUT2D eigenvalue weighted by Crippen LogP contribution is 2.12. The summed E-state index contributed by atoms with van der Waals surface area (Å²) in [6.45, 7) is 8.83. The minimum atomic E-state index is -0.787. The Hall–Kier alpha value is -1.08. The van der Waals surface area contributed by atoms with Crippen molar-refractivity contribution >= 4 is 5.97 Å².